The van der Waals surface area contributed by atoms with Gasteiger partial charge in [-0.3, -0.25) is 14.6 Å². The molecule has 0 aliphatic rings. The molecule has 0 radical (unpaired) electrons. The highest BCUT2D eigenvalue weighted by Crippen LogP contribution is 2.17. The highest BCUT2D eigenvalue weighted by Gasteiger charge is 2.14. The number of fused-ring (bicyclic) bond motifs is 1. The van der Waals surface area contributed by atoms with E-state index in [1.165, 1.54) is 10.6 Å². The molecule has 3 heterocycles. The summed E-state index contributed by atoms with van der Waals surface area (Å²) >= 11 is 0. The first-order valence-corrected chi connectivity index (χ1v) is 6.86. The van der Waals surface area contributed by atoms with Crippen LogP contribution in [-0.2, 0) is 17.8 Å². The molecule has 0 saturated heterocycles. The van der Waals surface area contributed by atoms with Crippen molar-refractivity contribution in [2.24, 2.45) is 0 Å². The predicted octanol–water partition coefficient (Wildman–Crippen LogP) is 1.20. The van der Waals surface area contributed by atoms with E-state index in [0.29, 0.717) is 29.3 Å². The molecule has 22 heavy (non-hydrogen) atoms. The Kier molecular flexibility index (Phi) is 3.46. The molecule has 3 rings (SSSR count). The third kappa shape index (κ3) is 2.37. The molecule has 1 N–H and O–H groups in total. The van der Waals surface area contributed by atoms with Crippen molar-refractivity contribution in [2.45, 2.75) is 19.9 Å². The molecular weight excluding hydrogens is 284 g/mol. The van der Waals surface area contributed by atoms with Crippen molar-refractivity contribution in [3.05, 3.63) is 52.6 Å². The van der Waals surface area contributed by atoms with Gasteiger partial charge in [0.1, 0.15) is 11.3 Å². The molecule has 3 aromatic heterocycles. The van der Waals surface area contributed by atoms with Gasteiger partial charge in [-0.25, -0.2) is 0 Å². The Morgan fingerprint density at radius 2 is 2.09 bits per heavy atom. The minimum absolute atomic E-state index is 0.205. The van der Waals surface area contributed by atoms with Gasteiger partial charge in [0.25, 0.3) is 5.56 Å². The van der Waals surface area contributed by atoms with Gasteiger partial charge in [0.15, 0.2) is 0 Å². The van der Waals surface area contributed by atoms with Crippen LogP contribution < -0.4 is 5.56 Å². The van der Waals surface area contributed by atoms with Crippen LogP contribution in [0.5, 0.6) is 0 Å². The number of hydrogen-bond acceptors (Lipinski definition) is 4. The summed E-state index contributed by atoms with van der Waals surface area (Å²) in [6.45, 7) is 2.43. The standard InChI is InChI=1S/C15H14N4O3/c1-2-18-10(8-15(21)22)7-14(20)19-13(18)9-12(17-19)11-5-3-4-6-16-11/h3-7,9H,2,8H2,1H3,(H,21,22). The number of carboxylic acid groups (broad SMARTS) is 1. The van der Waals surface area contributed by atoms with Crippen LogP contribution in [0.25, 0.3) is 17.0 Å². The SMILES string of the molecule is CCn1c(CC(=O)O)cc(=O)n2nc(-c3ccccn3)cc12. The Balaban J connectivity index is 2.25. The summed E-state index contributed by atoms with van der Waals surface area (Å²) in [5, 5.41) is 13.3. The van der Waals surface area contributed by atoms with Crippen molar-refractivity contribution in [3.8, 4) is 11.4 Å². The lowest BCUT2D eigenvalue weighted by Gasteiger charge is -2.11. The van der Waals surface area contributed by atoms with E-state index in [0.717, 1.165) is 0 Å². The molecule has 0 saturated carbocycles. The quantitative estimate of drug-likeness (QED) is 0.782. The lowest BCUT2D eigenvalue weighted by molar-refractivity contribution is -0.136. The van der Waals surface area contributed by atoms with E-state index in [9.17, 15) is 9.59 Å². The number of carbonyl (C=O) groups is 1. The largest absolute Gasteiger partial charge is 0.481 e. The molecular formula is C15H14N4O3. The van der Waals surface area contributed by atoms with Crippen molar-refractivity contribution in [1.82, 2.24) is 19.2 Å². The van der Waals surface area contributed by atoms with E-state index < -0.39 is 5.97 Å². The molecule has 112 valence electrons. The number of aromatic nitrogens is 4. The van der Waals surface area contributed by atoms with E-state index in [4.69, 9.17) is 5.11 Å². The maximum atomic E-state index is 12.2. The molecule has 0 atom stereocenters. The molecule has 7 heteroatoms. The summed E-state index contributed by atoms with van der Waals surface area (Å²) < 4.78 is 3.05. The monoisotopic (exact) mass is 298 g/mol. The average Bonchev–Trinajstić information content (AvgIpc) is 2.93. The van der Waals surface area contributed by atoms with Crippen molar-refractivity contribution in [2.75, 3.05) is 0 Å². The molecule has 0 aliphatic carbocycles. The topological polar surface area (TPSA) is 89.5 Å². The third-order valence-corrected chi connectivity index (χ3v) is 3.39. The number of aliphatic carboxylic acids is 1. The predicted molar refractivity (Wildman–Crippen MR) is 79.7 cm³/mol. The van der Waals surface area contributed by atoms with Crippen molar-refractivity contribution in [1.29, 1.82) is 0 Å². The van der Waals surface area contributed by atoms with Crippen LogP contribution >= 0.6 is 0 Å². The van der Waals surface area contributed by atoms with Crippen molar-refractivity contribution >= 4 is 11.6 Å². The number of carboxylic acids is 1. The van der Waals surface area contributed by atoms with E-state index in [2.05, 4.69) is 10.1 Å². The second kappa shape index (κ2) is 5.44. The normalized spacial score (nSPS) is 11.0. The smallest absolute Gasteiger partial charge is 0.309 e. The first-order valence-electron chi connectivity index (χ1n) is 6.86. The fourth-order valence-electron chi connectivity index (χ4n) is 2.46. The fourth-order valence-corrected chi connectivity index (χ4v) is 2.46. The summed E-state index contributed by atoms with van der Waals surface area (Å²) in [4.78, 5) is 27.3. The molecule has 3 aromatic rings. The van der Waals surface area contributed by atoms with Gasteiger partial charge in [-0.1, -0.05) is 6.07 Å². The van der Waals surface area contributed by atoms with Crippen LogP contribution in [-0.4, -0.2) is 30.2 Å². The van der Waals surface area contributed by atoms with E-state index in [1.807, 2.05) is 13.0 Å². The van der Waals surface area contributed by atoms with Crippen molar-refractivity contribution in [3.63, 3.8) is 0 Å². The Morgan fingerprint density at radius 1 is 1.27 bits per heavy atom. The second-order valence-corrected chi connectivity index (χ2v) is 4.80. The van der Waals surface area contributed by atoms with Gasteiger partial charge in [-0.15, -0.1) is 0 Å². The minimum atomic E-state index is -0.976. The average molecular weight is 298 g/mol. The lowest BCUT2D eigenvalue weighted by Crippen LogP contribution is -2.22. The highest BCUT2D eigenvalue weighted by molar-refractivity contribution is 5.70. The third-order valence-electron chi connectivity index (χ3n) is 3.39. The number of nitrogens with zero attached hydrogens (tertiary/aromatic N) is 4. The van der Waals surface area contributed by atoms with E-state index >= 15 is 0 Å². The maximum Gasteiger partial charge on any atom is 0.309 e. The van der Waals surface area contributed by atoms with E-state index in [-0.39, 0.29) is 12.0 Å². The summed E-state index contributed by atoms with van der Waals surface area (Å²) in [6, 6.07) is 8.52. The molecule has 7 nitrogen and oxygen atoms in total. The Labute approximate surface area is 125 Å². The summed E-state index contributed by atoms with van der Waals surface area (Å²) in [5.41, 5.74) is 1.91. The van der Waals surface area contributed by atoms with Gasteiger partial charge in [0.2, 0.25) is 0 Å². The number of aryl methyl sites for hydroxylation is 1. The maximum absolute atomic E-state index is 12.2. The van der Waals surface area contributed by atoms with Crippen LogP contribution in [0.15, 0.2) is 41.3 Å². The Hall–Kier alpha value is -2.96. The zero-order valence-corrected chi connectivity index (χ0v) is 11.9. The zero-order valence-electron chi connectivity index (χ0n) is 11.9. The highest BCUT2D eigenvalue weighted by atomic mass is 16.4. The molecule has 0 bridgehead atoms. The summed E-state index contributed by atoms with van der Waals surface area (Å²) in [6.07, 6.45) is 1.45. The Morgan fingerprint density at radius 3 is 2.73 bits per heavy atom. The molecule has 0 fully saturated rings. The van der Waals surface area contributed by atoms with Gasteiger partial charge < -0.3 is 9.67 Å². The van der Waals surface area contributed by atoms with Crippen LogP contribution in [0.1, 0.15) is 12.6 Å². The summed E-state index contributed by atoms with van der Waals surface area (Å²) in [7, 11) is 0. The first kappa shape index (κ1) is 14.0. The van der Waals surface area contributed by atoms with Gasteiger partial charge in [0, 0.05) is 30.6 Å². The number of rotatable bonds is 4. The summed E-state index contributed by atoms with van der Waals surface area (Å²) in [5.74, 6) is -0.976. The second-order valence-electron chi connectivity index (χ2n) is 4.80. The lowest BCUT2D eigenvalue weighted by atomic mass is 10.2. The molecule has 0 unspecified atom stereocenters. The number of hydrogen-bond donors (Lipinski definition) is 1. The first-order chi connectivity index (χ1) is 10.6. The number of pyridine rings is 1. The molecule has 0 aromatic carbocycles. The minimum Gasteiger partial charge on any atom is -0.481 e. The Bertz CT molecular complexity index is 896. The molecule has 0 spiro atoms. The van der Waals surface area contributed by atoms with Crippen LogP contribution in [0.4, 0.5) is 0 Å². The van der Waals surface area contributed by atoms with Crippen LogP contribution in [0.3, 0.4) is 0 Å². The molecule has 0 aliphatic heterocycles. The van der Waals surface area contributed by atoms with Crippen LogP contribution in [0, 0.1) is 0 Å². The molecule has 0 amide bonds. The van der Waals surface area contributed by atoms with Crippen molar-refractivity contribution < 1.29 is 9.90 Å². The van der Waals surface area contributed by atoms with Gasteiger partial charge in [-0.05, 0) is 19.1 Å². The zero-order chi connectivity index (χ0) is 15.7. The van der Waals surface area contributed by atoms with Gasteiger partial charge >= 0.3 is 5.97 Å². The van der Waals surface area contributed by atoms with Gasteiger partial charge in [0.05, 0.1) is 12.1 Å². The van der Waals surface area contributed by atoms with Gasteiger partial charge in [-0.2, -0.15) is 9.61 Å². The van der Waals surface area contributed by atoms with Crippen LogP contribution in [0.2, 0.25) is 0 Å². The van der Waals surface area contributed by atoms with E-state index in [1.54, 1.807) is 29.0 Å². The fraction of sp³-hybridized carbons (Fsp3) is 0.200.